The quantitative estimate of drug-likeness (QED) is 0.848. The smallest absolute Gasteiger partial charge is 0.115 e. The van der Waals surface area contributed by atoms with Gasteiger partial charge >= 0.3 is 0 Å². The molecule has 1 unspecified atom stereocenters. The predicted molar refractivity (Wildman–Crippen MR) is 68.9 cm³/mol. The molecule has 1 N–H and O–H groups in total. The van der Waals surface area contributed by atoms with E-state index in [0.29, 0.717) is 6.61 Å². The Kier molecular flexibility index (Phi) is 4.45. The van der Waals surface area contributed by atoms with Gasteiger partial charge in [-0.25, -0.2) is 0 Å². The fourth-order valence-corrected chi connectivity index (χ4v) is 1.93. The van der Waals surface area contributed by atoms with E-state index >= 15 is 0 Å². The van der Waals surface area contributed by atoms with E-state index < -0.39 is 0 Å². The molecule has 3 nitrogen and oxygen atoms in total. The second-order valence-electron chi connectivity index (χ2n) is 4.18. The standard InChI is InChI=1S/C14H19NO2/c1-16-11-12-6-2-3-8-14(12)15-10-13-7-4-5-9-17-13/h2-3,5-6,8-9,13,15H,4,7,10-11H2,1H3. The minimum atomic E-state index is 0.274. The first-order chi connectivity index (χ1) is 8.40. The summed E-state index contributed by atoms with van der Waals surface area (Å²) < 4.78 is 10.7. The Morgan fingerprint density at radius 1 is 1.41 bits per heavy atom. The maximum Gasteiger partial charge on any atom is 0.115 e. The minimum Gasteiger partial charge on any atom is -0.497 e. The van der Waals surface area contributed by atoms with E-state index in [4.69, 9.17) is 9.47 Å². The molecule has 0 fully saturated rings. The van der Waals surface area contributed by atoms with Crippen molar-refractivity contribution in [3.05, 3.63) is 42.2 Å². The van der Waals surface area contributed by atoms with E-state index in [1.54, 1.807) is 13.4 Å². The number of benzene rings is 1. The van der Waals surface area contributed by atoms with Crippen LogP contribution in [0, 0.1) is 0 Å². The molecule has 17 heavy (non-hydrogen) atoms. The van der Waals surface area contributed by atoms with Gasteiger partial charge in [0, 0.05) is 18.4 Å². The summed E-state index contributed by atoms with van der Waals surface area (Å²) in [5.74, 6) is 0. The Labute approximate surface area is 102 Å². The van der Waals surface area contributed by atoms with Gasteiger partial charge in [-0.1, -0.05) is 18.2 Å². The molecule has 0 saturated carbocycles. The third-order valence-electron chi connectivity index (χ3n) is 2.86. The molecule has 2 rings (SSSR count). The summed E-state index contributed by atoms with van der Waals surface area (Å²) in [7, 11) is 1.71. The number of ether oxygens (including phenoxy) is 2. The Morgan fingerprint density at radius 3 is 3.06 bits per heavy atom. The highest BCUT2D eigenvalue weighted by molar-refractivity contribution is 5.50. The Hall–Kier alpha value is -1.48. The van der Waals surface area contributed by atoms with Crippen LogP contribution in [-0.2, 0) is 16.1 Å². The molecule has 3 heteroatoms. The van der Waals surface area contributed by atoms with Crippen molar-refractivity contribution in [2.75, 3.05) is 19.0 Å². The summed E-state index contributed by atoms with van der Waals surface area (Å²) in [6, 6.07) is 8.21. The van der Waals surface area contributed by atoms with Crippen molar-refractivity contribution < 1.29 is 9.47 Å². The van der Waals surface area contributed by atoms with Gasteiger partial charge in [0.1, 0.15) is 6.10 Å². The van der Waals surface area contributed by atoms with Crippen LogP contribution in [0.25, 0.3) is 0 Å². The van der Waals surface area contributed by atoms with Crippen LogP contribution >= 0.6 is 0 Å². The summed E-state index contributed by atoms with van der Waals surface area (Å²) in [5.41, 5.74) is 2.31. The molecule has 1 heterocycles. The van der Waals surface area contributed by atoms with Crippen molar-refractivity contribution in [3.8, 4) is 0 Å². The lowest BCUT2D eigenvalue weighted by molar-refractivity contribution is 0.135. The van der Waals surface area contributed by atoms with Gasteiger partial charge in [0.15, 0.2) is 0 Å². The number of hydrogen-bond donors (Lipinski definition) is 1. The maximum atomic E-state index is 5.53. The molecule has 1 aromatic carbocycles. The van der Waals surface area contributed by atoms with Crippen molar-refractivity contribution in [2.24, 2.45) is 0 Å². The summed E-state index contributed by atoms with van der Waals surface area (Å²) in [5, 5.41) is 3.43. The van der Waals surface area contributed by atoms with Gasteiger partial charge in [0.05, 0.1) is 19.4 Å². The lowest BCUT2D eigenvalue weighted by atomic mass is 10.1. The van der Waals surface area contributed by atoms with Gasteiger partial charge in [-0.15, -0.1) is 0 Å². The van der Waals surface area contributed by atoms with Crippen LogP contribution in [0.1, 0.15) is 18.4 Å². The molecule has 1 aliphatic heterocycles. The maximum absolute atomic E-state index is 5.53. The van der Waals surface area contributed by atoms with Gasteiger partial charge < -0.3 is 14.8 Å². The normalized spacial score (nSPS) is 18.8. The molecular formula is C14H19NO2. The van der Waals surface area contributed by atoms with Crippen molar-refractivity contribution in [2.45, 2.75) is 25.6 Å². The highest BCUT2D eigenvalue weighted by Crippen LogP contribution is 2.17. The lowest BCUT2D eigenvalue weighted by Gasteiger charge is -2.21. The summed E-state index contributed by atoms with van der Waals surface area (Å²) >= 11 is 0. The zero-order valence-corrected chi connectivity index (χ0v) is 10.2. The highest BCUT2D eigenvalue weighted by atomic mass is 16.5. The van der Waals surface area contributed by atoms with Crippen LogP contribution in [0.4, 0.5) is 5.69 Å². The molecule has 0 amide bonds. The van der Waals surface area contributed by atoms with Crippen LogP contribution in [0.3, 0.4) is 0 Å². The Morgan fingerprint density at radius 2 is 2.29 bits per heavy atom. The molecule has 1 aromatic rings. The van der Waals surface area contributed by atoms with Crippen LogP contribution < -0.4 is 5.32 Å². The van der Waals surface area contributed by atoms with E-state index in [0.717, 1.165) is 25.1 Å². The van der Waals surface area contributed by atoms with Gasteiger partial charge in [0.2, 0.25) is 0 Å². The number of para-hydroxylation sites is 1. The number of allylic oxidation sites excluding steroid dienone is 1. The van der Waals surface area contributed by atoms with Crippen molar-refractivity contribution in [1.29, 1.82) is 0 Å². The molecular weight excluding hydrogens is 214 g/mol. The third kappa shape index (κ3) is 3.49. The second-order valence-corrected chi connectivity index (χ2v) is 4.18. The van der Waals surface area contributed by atoms with Crippen molar-refractivity contribution >= 4 is 5.69 Å². The van der Waals surface area contributed by atoms with Crippen molar-refractivity contribution in [1.82, 2.24) is 0 Å². The lowest BCUT2D eigenvalue weighted by Crippen LogP contribution is -2.23. The minimum absolute atomic E-state index is 0.274. The van der Waals surface area contributed by atoms with Crippen LogP contribution in [0.2, 0.25) is 0 Å². The molecule has 0 spiro atoms. The van der Waals surface area contributed by atoms with E-state index in [-0.39, 0.29) is 6.10 Å². The molecule has 92 valence electrons. The average molecular weight is 233 g/mol. The summed E-state index contributed by atoms with van der Waals surface area (Å²) in [6.07, 6.45) is 6.32. The highest BCUT2D eigenvalue weighted by Gasteiger charge is 2.11. The zero-order valence-electron chi connectivity index (χ0n) is 10.2. The zero-order chi connectivity index (χ0) is 11.9. The van der Waals surface area contributed by atoms with Crippen LogP contribution in [-0.4, -0.2) is 19.8 Å². The first kappa shape index (κ1) is 12.0. The van der Waals surface area contributed by atoms with Crippen molar-refractivity contribution in [3.63, 3.8) is 0 Å². The van der Waals surface area contributed by atoms with Gasteiger partial charge in [0.25, 0.3) is 0 Å². The van der Waals surface area contributed by atoms with Gasteiger partial charge in [-0.2, -0.15) is 0 Å². The average Bonchev–Trinajstić information content (AvgIpc) is 2.39. The first-order valence-corrected chi connectivity index (χ1v) is 6.01. The third-order valence-corrected chi connectivity index (χ3v) is 2.86. The molecule has 0 saturated heterocycles. The predicted octanol–water partition coefficient (Wildman–Crippen LogP) is 2.94. The van der Waals surface area contributed by atoms with Gasteiger partial charge in [-0.05, 0) is 25.0 Å². The van der Waals surface area contributed by atoms with Gasteiger partial charge in [-0.3, -0.25) is 0 Å². The van der Waals surface area contributed by atoms with E-state index in [1.807, 2.05) is 12.1 Å². The summed E-state index contributed by atoms with van der Waals surface area (Å²) in [6.45, 7) is 1.47. The fraction of sp³-hybridized carbons (Fsp3) is 0.429. The van der Waals surface area contributed by atoms with E-state index in [2.05, 4.69) is 23.5 Å². The fourth-order valence-electron chi connectivity index (χ4n) is 1.93. The SMILES string of the molecule is COCc1ccccc1NCC1CCC=CO1. The molecule has 0 aromatic heterocycles. The largest absolute Gasteiger partial charge is 0.497 e. The molecule has 0 aliphatic carbocycles. The number of rotatable bonds is 5. The topological polar surface area (TPSA) is 30.5 Å². The number of anilines is 1. The molecule has 1 aliphatic rings. The van der Waals surface area contributed by atoms with E-state index in [1.165, 1.54) is 5.56 Å². The monoisotopic (exact) mass is 233 g/mol. The number of methoxy groups -OCH3 is 1. The van der Waals surface area contributed by atoms with E-state index in [9.17, 15) is 0 Å². The Balaban J connectivity index is 1.91. The molecule has 1 atom stereocenters. The summed E-state index contributed by atoms with van der Waals surface area (Å²) in [4.78, 5) is 0. The Bertz CT molecular complexity index is 376. The van der Waals surface area contributed by atoms with Crippen LogP contribution in [0.5, 0.6) is 0 Å². The first-order valence-electron chi connectivity index (χ1n) is 6.01. The molecule has 0 radical (unpaired) electrons. The number of hydrogen-bond acceptors (Lipinski definition) is 3. The second kappa shape index (κ2) is 6.30. The molecule has 0 bridgehead atoms. The number of nitrogens with one attached hydrogen (secondary N) is 1. The van der Waals surface area contributed by atoms with Crippen LogP contribution in [0.15, 0.2) is 36.6 Å².